The van der Waals surface area contributed by atoms with Crippen LogP contribution in [0.3, 0.4) is 0 Å². The van der Waals surface area contributed by atoms with Crippen LogP contribution in [0.15, 0.2) is 61.1 Å². The highest BCUT2D eigenvalue weighted by atomic mass is 16.1. The third-order valence-corrected chi connectivity index (χ3v) is 4.85. The van der Waals surface area contributed by atoms with Crippen LogP contribution in [0.1, 0.15) is 16.1 Å². The average molecular weight is 374 g/mol. The molecule has 0 aliphatic carbocycles. The molecule has 0 radical (unpaired) electrons. The standard InChI is InChI=1S/C21H22N6O/c1-16-5-2-3-6-18(16)25-20(28)19-15-17(7-10-22-19)26-11-13-27(14-12-26)21-23-8-4-9-24-21/h2-10,15H,11-14H2,1H3,(H,25,28). The van der Waals surface area contributed by atoms with Gasteiger partial charge in [-0.2, -0.15) is 0 Å². The van der Waals surface area contributed by atoms with Crippen LogP contribution in [-0.4, -0.2) is 47.0 Å². The predicted molar refractivity (Wildman–Crippen MR) is 110 cm³/mol. The zero-order chi connectivity index (χ0) is 19.3. The number of amides is 1. The number of carbonyl (C=O) groups excluding carboxylic acids is 1. The number of anilines is 3. The average Bonchev–Trinajstić information content (AvgIpc) is 2.76. The summed E-state index contributed by atoms with van der Waals surface area (Å²) in [6, 6.07) is 13.3. The summed E-state index contributed by atoms with van der Waals surface area (Å²) < 4.78 is 0. The Morgan fingerprint density at radius 1 is 0.893 bits per heavy atom. The van der Waals surface area contributed by atoms with Gasteiger partial charge in [-0.05, 0) is 36.8 Å². The van der Waals surface area contributed by atoms with Crippen molar-refractivity contribution >= 4 is 23.2 Å². The zero-order valence-electron chi connectivity index (χ0n) is 15.7. The van der Waals surface area contributed by atoms with Crippen LogP contribution < -0.4 is 15.1 Å². The molecule has 2 aromatic heterocycles. The van der Waals surface area contributed by atoms with Crippen molar-refractivity contribution in [3.05, 3.63) is 72.3 Å². The van der Waals surface area contributed by atoms with Gasteiger partial charge in [-0.15, -0.1) is 0 Å². The molecule has 0 saturated carbocycles. The van der Waals surface area contributed by atoms with Crippen LogP contribution in [0.2, 0.25) is 0 Å². The van der Waals surface area contributed by atoms with E-state index in [9.17, 15) is 4.79 Å². The highest BCUT2D eigenvalue weighted by Crippen LogP contribution is 2.20. The summed E-state index contributed by atoms with van der Waals surface area (Å²) in [5, 5.41) is 2.94. The van der Waals surface area contributed by atoms with Crippen LogP contribution in [0.5, 0.6) is 0 Å². The van der Waals surface area contributed by atoms with E-state index in [2.05, 4.69) is 30.1 Å². The largest absolute Gasteiger partial charge is 0.368 e. The highest BCUT2D eigenvalue weighted by molar-refractivity contribution is 6.03. The normalized spacial score (nSPS) is 14.0. The zero-order valence-corrected chi connectivity index (χ0v) is 15.7. The first-order chi connectivity index (χ1) is 13.7. The van der Waals surface area contributed by atoms with E-state index in [0.29, 0.717) is 5.69 Å². The van der Waals surface area contributed by atoms with Crippen molar-refractivity contribution in [3.8, 4) is 0 Å². The van der Waals surface area contributed by atoms with E-state index >= 15 is 0 Å². The smallest absolute Gasteiger partial charge is 0.274 e. The molecule has 28 heavy (non-hydrogen) atoms. The molecule has 0 spiro atoms. The molecule has 1 fully saturated rings. The maximum absolute atomic E-state index is 12.6. The number of aromatic nitrogens is 3. The SMILES string of the molecule is Cc1ccccc1NC(=O)c1cc(N2CCN(c3ncccn3)CC2)ccn1. The summed E-state index contributed by atoms with van der Waals surface area (Å²) in [6.45, 7) is 5.30. The number of aryl methyl sites for hydroxylation is 1. The Morgan fingerprint density at radius 2 is 1.61 bits per heavy atom. The second-order valence-corrected chi connectivity index (χ2v) is 6.69. The maximum Gasteiger partial charge on any atom is 0.274 e. The summed E-state index contributed by atoms with van der Waals surface area (Å²) in [5.41, 5.74) is 3.23. The molecule has 1 aromatic carbocycles. The first-order valence-electron chi connectivity index (χ1n) is 9.31. The first-order valence-corrected chi connectivity index (χ1v) is 9.31. The minimum absolute atomic E-state index is 0.201. The van der Waals surface area contributed by atoms with Gasteiger partial charge in [0.25, 0.3) is 5.91 Å². The summed E-state index contributed by atoms with van der Waals surface area (Å²) in [6.07, 6.45) is 5.21. The van der Waals surface area contributed by atoms with E-state index in [-0.39, 0.29) is 5.91 Å². The molecule has 7 nitrogen and oxygen atoms in total. The minimum Gasteiger partial charge on any atom is -0.368 e. The van der Waals surface area contributed by atoms with Gasteiger partial charge >= 0.3 is 0 Å². The summed E-state index contributed by atoms with van der Waals surface area (Å²) in [4.78, 5) is 29.9. The van der Waals surface area contributed by atoms with Crippen LogP contribution in [-0.2, 0) is 0 Å². The van der Waals surface area contributed by atoms with Gasteiger partial charge in [0.15, 0.2) is 0 Å². The van der Waals surface area contributed by atoms with Crippen molar-refractivity contribution in [2.45, 2.75) is 6.92 Å². The molecule has 3 heterocycles. The molecular formula is C21H22N6O. The Labute approximate surface area is 164 Å². The van der Waals surface area contributed by atoms with Crippen molar-refractivity contribution in [3.63, 3.8) is 0 Å². The Bertz CT molecular complexity index is 954. The fourth-order valence-corrected chi connectivity index (χ4v) is 3.26. The molecule has 3 aromatic rings. The molecule has 0 bridgehead atoms. The molecule has 1 amide bonds. The van der Waals surface area contributed by atoms with E-state index in [4.69, 9.17) is 0 Å². The van der Waals surface area contributed by atoms with Gasteiger partial charge in [0.1, 0.15) is 5.69 Å². The van der Waals surface area contributed by atoms with Gasteiger partial charge in [-0.25, -0.2) is 9.97 Å². The highest BCUT2D eigenvalue weighted by Gasteiger charge is 2.20. The molecular weight excluding hydrogens is 352 g/mol. The second kappa shape index (κ2) is 8.04. The fraction of sp³-hybridized carbons (Fsp3) is 0.238. The predicted octanol–water partition coefficient (Wildman–Crippen LogP) is 2.76. The van der Waals surface area contributed by atoms with Crippen LogP contribution in [0.25, 0.3) is 0 Å². The number of piperazine rings is 1. The number of hydrogen-bond donors (Lipinski definition) is 1. The van der Waals surface area contributed by atoms with Crippen molar-refractivity contribution < 1.29 is 4.79 Å². The topological polar surface area (TPSA) is 74.2 Å². The van der Waals surface area contributed by atoms with Crippen molar-refractivity contribution in [2.24, 2.45) is 0 Å². The number of carbonyl (C=O) groups is 1. The summed E-state index contributed by atoms with van der Waals surface area (Å²) >= 11 is 0. The number of benzene rings is 1. The number of nitrogens with one attached hydrogen (secondary N) is 1. The van der Waals surface area contributed by atoms with Gasteiger partial charge < -0.3 is 15.1 Å². The lowest BCUT2D eigenvalue weighted by molar-refractivity contribution is 0.102. The van der Waals surface area contributed by atoms with Crippen LogP contribution >= 0.6 is 0 Å². The Morgan fingerprint density at radius 3 is 2.36 bits per heavy atom. The minimum atomic E-state index is -0.201. The van der Waals surface area contributed by atoms with Crippen LogP contribution in [0.4, 0.5) is 17.3 Å². The Hall–Kier alpha value is -3.48. The van der Waals surface area contributed by atoms with Crippen molar-refractivity contribution in [1.29, 1.82) is 0 Å². The molecule has 1 N–H and O–H groups in total. The van der Waals surface area contributed by atoms with Gasteiger partial charge in [-0.3, -0.25) is 9.78 Å². The quantitative estimate of drug-likeness (QED) is 0.757. The Balaban J connectivity index is 1.43. The second-order valence-electron chi connectivity index (χ2n) is 6.69. The molecule has 4 rings (SSSR count). The number of hydrogen-bond acceptors (Lipinski definition) is 6. The first kappa shape index (κ1) is 17.9. The molecule has 1 saturated heterocycles. The lowest BCUT2D eigenvalue weighted by Crippen LogP contribution is -2.47. The van der Waals surface area contributed by atoms with E-state index < -0.39 is 0 Å². The monoisotopic (exact) mass is 374 g/mol. The lowest BCUT2D eigenvalue weighted by atomic mass is 10.2. The Kier molecular flexibility index (Phi) is 5.14. The third-order valence-electron chi connectivity index (χ3n) is 4.85. The number of pyridine rings is 1. The van der Waals surface area contributed by atoms with Gasteiger partial charge in [-0.1, -0.05) is 18.2 Å². The van der Waals surface area contributed by atoms with Gasteiger partial charge in [0.05, 0.1) is 0 Å². The summed E-state index contributed by atoms with van der Waals surface area (Å²) in [7, 11) is 0. The van der Waals surface area contributed by atoms with Crippen LogP contribution in [0, 0.1) is 6.92 Å². The van der Waals surface area contributed by atoms with E-state index in [0.717, 1.165) is 49.1 Å². The van der Waals surface area contributed by atoms with Gasteiger partial charge in [0.2, 0.25) is 5.95 Å². The maximum atomic E-state index is 12.6. The molecule has 1 aliphatic rings. The number of rotatable bonds is 4. The molecule has 1 aliphatic heterocycles. The van der Waals surface area contributed by atoms with E-state index in [1.807, 2.05) is 49.4 Å². The number of para-hydroxylation sites is 1. The molecule has 0 atom stereocenters. The van der Waals surface area contributed by atoms with Gasteiger partial charge in [0, 0.05) is 56.1 Å². The molecule has 7 heteroatoms. The third kappa shape index (κ3) is 3.93. The molecule has 142 valence electrons. The summed E-state index contributed by atoms with van der Waals surface area (Å²) in [5.74, 6) is 0.558. The fourth-order valence-electron chi connectivity index (χ4n) is 3.26. The van der Waals surface area contributed by atoms with E-state index in [1.165, 1.54) is 0 Å². The lowest BCUT2D eigenvalue weighted by Gasteiger charge is -2.36. The van der Waals surface area contributed by atoms with Crippen molar-refractivity contribution in [2.75, 3.05) is 41.3 Å². The van der Waals surface area contributed by atoms with Crippen molar-refractivity contribution in [1.82, 2.24) is 15.0 Å². The molecule has 0 unspecified atom stereocenters. The number of nitrogens with zero attached hydrogens (tertiary/aromatic N) is 5. The van der Waals surface area contributed by atoms with E-state index in [1.54, 1.807) is 18.6 Å².